The third-order valence-corrected chi connectivity index (χ3v) is 4.72. The zero-order valence-electron chi connectivity index (χ0n) is 15.9. The van der Waals surface area contributed by atoms with Gasteiger partial charge >= 0.3 is 0 Å². The smallest absolute Gasteiger partial charge is 0.278 e. The number of carbonyl (C=O) groups excluding carboxylic acids is 2. The number of non-ortho nitro benzene ring substituents is 1. The molecule has 8 nitrogen and oxygen atoms in total. The van der Waals surface area contributed by atoms with Crippen LogP contribution in [0.4, 0.5) is 11.4 Å². The van der Waals surface area contributed by atoms with Gasteiger partial charge in [-0.1, -0.05) is 11.6 Å². The van der Waals surface area contributed by atoms with E-state index in [0.29, 0.717) is 22.0 Å². The lowest BCUT2D eigenvalue weighted by Gasteiger charge is -2.19. The van der Waals surface area contributed by atoms with Crippen LogP contribution in [0, 0.1) is 10.1 Å². The summed E-state index contributed by atoms with van der Waals surface area (Å²) in [6.45, 7) is 3.47. The summed E-state index contributed by atoms with van der Waals surface area (Å²) in [5.41, 5.74) is 1.02. The average Bonchev–Trinajstić information content (AvgIpc) is 2.92. The number of hydrogen-bond donors (Lipinski definition) is 1. The van der Waals surface area contributed by atoms with Crippen LogP contribution in [0.25, 0.3) is 5.57 Å². The molecule has 1 aliphatic heterocycles. The van der Waals surface area contributed by atoms with Gasteiger partial charge in [0.25, 0.3) is 17.5 Å². The van der Waals surface area contributed by atoms with Gasteiger partial charge in [-0.05, 0) is 49.7 Å². The number of rotatable bonds is 6. The van der Waals surface area contributed by atoms with Crippen molar-refractivity contribution in [2.45, 2.75) is 19.9 Å². The predicted octanol–water partition coefficient (Wildman–Crippen LogP) is 3.86. The number of nitro benzene ring substituents is 1. The number of hydrogen-bond acceptors (Lipinski definition) is 6. The summed E-state index contributed by atoms with van der Waals surface area (Å²) in [6.07, 6.45) is 0. The molecule has 1 heterocycles. The van der Waals surface area contributed by atoms with Gasteiger partial charge in [0.15, 0.2) is 0 Å². The Morgan fingerprint density at radius 2 is 1.76 bits per heavy atom. The number of nitrogens with zero attached hydrogens (tertiary/aromatic N) is 2. The first-order valence-corrected chi connectivity index (χ1v) is 9.10. The Morgan fingerprint density at radius 1 is 1.10 bits per heavy atom. The van der Waals surface area contributed by atoms with Crippen LogP contribution in [0.15, 0.2) is 48.2 Å². The topological polar surface area (TPSA) is 102 Å². The first-order chi connectivity index (χ1) is 13.7. The number of carbonyl (C=O) groups is 2. The maximum absolute atomic E-state index is 13.0. The molecule has 0 fully saturated rings. The summed E-state index contributed by atoms with van der Waals surface area (Å²) in [6, 6.07) is 10.0. The number of nitro groups is 1. The molecule has 1 N–H and O–H groups in total. The van der Waals surface area contributed by atoms with E-state index >= 15 is 0 Å². The van der Waals surface area contributed by atoms with Crippen molar-refractivity contribution in [3.8, 4) is 5.75 Å². The number of methoxy groups -OCH3 is 1. The number of imide groups is 1. The second kappa shape index (κ2) is 7.92. The third kappa shape index (κ3) is 3.79. The normalized spacial score (nSPS) is 14.0. The molecule has 1 aliphatic rings. The van der Waals surface area contributed by atoms with Crippen LogP contribution in [-0.4, -0.2) is 34.8 Å². The fourth-order valence-electron chi connectivity index (χ4n) is 3.04. The SMILES string of the molecule is COc1ccc(NC2=C(c3ccc([N+](=O)[O-])cc3)C(=O)N(C(C)C)C2=O)cc1Cl. The van der Waals surface area contributed by atoms with Crippen LogP contribution in [0.1, 0.15) is 19.4 Å². The lowest BCUT2D eigenvalue weighted by Crippen LogP contribution is -2.38. The van der Waals surface area contributed by atoms with Crippen LogP contribution < -0.4 is 10.1 Å². The minimum absolute atomic E-state index is 0.0822. The van der Waals surface area contributed by atoms with E-state index in [1.165, 1.54) is 31.4 Å². The third-order valence-electron chi connectivity index (χ3n) is 4.42. The van der Waals surface area contributed by atoms with E-state index in [2.05, 4.69) is 5.32 Å². The first kappa shape index (κ1) is 20.3. The molecule has 0 saturated heterocycles. The van der Waals surface area contributed by atoms with Gasteiger partial charge in [-0.25, -0.2) is 0 Å². The van der Waals surface area contributed by atoms with E-state index in [-0.39, 0.29) is 23.0 Å². The van der Waals surface area contributed by atoms with Crippen LogP contribution >= 0.6 is 11.6 Å². The molecule has 0 spiro atoms. The van der Waals surface area contributed by atoms with Gasteiger partial charge in [0, 0.05) is 23.9 Å². The van der Waals surface area contributed by atoms with Gasteiger partial charge in [0.2, 0.25) is 0 Å². The zero-order chi connectivity index (χ0) is 21.3. The Kier molecular flexibility index (Phi) is 5.56. The Labute approximate surface area is 171 Å². The van der Waals surface area contributed by atoms with E-state index in [4.69, 9.17) is 16.3 Å². The van der Waals surface area contributed by atoms with Crippen molar-refractivity contribution >= 4 is 40.4 Å². The maximum Gasteiger partial charge on any atom is 0.278 e. The van der Waals surface area contributed by atoms with Gasteiger partial charge in [-0.15, -0.1) is 0 Å². The van der Waals surface area contributed by atoms with Crippen molar-refractivity contribution in [1.29, 1.82) is 0 Å². The molecule has 0 bridgehead atoms. The monoisotopic (exact) mass is 415 g/mol. The molecule has 0 radical (unpaired) electrons. The minimum atomic E-state index is -0.529. The van der Waals surface area contributed by atoms with Crippen LogP contribution in [0.3, 0.4) is 0 Å². The second-order valence-electron chi connectivity index (χ2n) is 6.60. The average molecular weight is 416 g/mol. The summed E-state index contributed by atoms with van der Waals surface area (Å²) in [5, 5.41) is 14.2. The van der Waals surface area contributed by atoms with Crippen LogP contribution in [0.5, 0.6) is 5.75 Å². The van der Waals surface area contributed by atoms with Gasteiger partial charge in [0.05, 0.1) is 22.6 Å². The molecule has 2 amide bonds. The lowest BCUT2D eigenvalue weighted by atomic mass is 10.0. The Bertz CT molecular complexity index is 1030. The predicted molar refractivity (Wildman–Crippen MR) is 109 cm³/mol. The Morgan fingerprint density at radius 3 is 2.28 bits per heavy atom. The number of nitrogens with one attached hydrogen (secondary N) is 1. The van der Waals surface area contributed by atoms with Gasteiger partial charge < -0.3 is 10.1 Å². The summed E-state index contributed by atoms with van der Waals surface area (Å²) in [5.74, 6) is -0.481. The number of benzene rings is 2. The molecule has 29 heavy (non-hydrogen) atoms. The molecule has 0 unspecified atom stereocenters. The number of anilines is 1. The number of halogens is 1. The highest BCUT2D eigenvalue weighted by Gasteiger charge is 2.40. The number of ether oxygens (including phenoxy) is 1. The van der Waals surface area contributed by atoms with E-state index in [1.54, 1.807) is 32.0 Å². The summed E-state index contributed by atoms with van der Waals surface area (Å²) < 4.78 is 5.12. The molecule has 150 valence electrons. The van der Waals surface area contributed by atoms with Crippen molar-refractivity contribution in [3.05, 3.63) is 68.9 Å². The summed E-state index contributed by atoms with van der Waals surface area (Å²) in [7, 11) is 1.49. The van der Waals surface area contributed by atoms with Crippen LogP contribution in [0.2, 0.25) is 5.02 Å². The van der Waals surface area contributed by atoms with Crippen molar-refractivity contribution in [3.63, 3.8) is 0 Å². The highest BCUT2D eigenvalue weighted by molar-refractivity contribution is 6.37. The summed E-state index contributed by atoms with van der Waals surface area (Å²) >= 11 is 6.15. The lowest BCUT2D eigenvalue weighted by molar-refractivity contribution is -0.384. The molecule has 2 aromatic rings. The number of amides is 2. The first-order valence-electron chi connectivity index (χ1n) is 8.72. The molecule has 0 atom stereocenters. The Balaban J connectivity index is 2.08. The molecular formula is C20H18ClN3O5. The maximum atomic E-state index is 13.0. The zero-order valence-corrected chi connectivity index (χ0v) is 16.7. The largest absolute Gasteiger partial charge is 0.495 e. The van der Waals surface area contributed by atoms with E-state index in [9.17, 15) is 19.7 Å². The Hall–Kier alpha value is -3.39. The fourth-order valence-corrected chi connectivity index (χ4v) is 3.30. The van der Waals surface area contributed by atoms with E-state index < -0.39 is 16.7 Å². The highest BCUT2D eigenvalue weighted by Crippen LogP contribution is 2.34. The minimum Gasteiger partial charge on any atom is -0.495 e. The molecule has 0 aromatic heterocycles. The second-order valence-corrected chi connectivity index (χ2v) is 7.01. The summed E-state index contributed by atoms with van der Waals surface area (Å²) in [4.78, 5) is 37.4. The molecule has 2 aromatic carbocycles. The van der Waals surface area contributed by atoms with Gasteiger partial charge in [-0.2, -0.15) is 0 Å². The van der Waals surface area contributed by atoms with E-state index in [1.807, 2.05) is 0 Å². The van der Waals surface area contributed by atoms with Gasteiger partial charge in [-0.3, -0.25) is 24.6 Å². The van der Waals surface area contributed by atoms with Crippen molar-refractivity contribution in [1.82, 2.24) is 4.90 Å². The molecule has 0 saturated carbocycles. The molecule has 9 heteroatoms. The van der Waals surface area contributed by atoms with Crippen molar-refractivity contribution < 1.29 is 19.2 Å². The standard InChI is InChI=1S/C20H18ClN3O5/c1-11(2)23-19(25)17(12-4-7-14(8-5-12)24(27)28)18(20(23)26)22-13-6-9-16(29-3)15(21)10-13/h4-11,22H,1-3H3. The van der Waals surface area contributed by atoms with Crippen molar-refractivity contribution in [2.75, 3.05) is 12.4 Å². The fraction of sp³-hybridized carbons (Fsp3) is 0.200. The van der Waals surface area contributed by atoms with E-state index in [0.717, 1.165) is 4.90 Å². The molecular weight excluding hydrogens is 398 g/mol. The molecule has 0 aliphatic carbocycles. The highest BCUT2D eigenvalue weighted by atomic mass is 35.5. The van der Waals surface area contributed by atoms with Crippen molar-refractivity contribution in [2.24, 2.45) is 0 Å². The quantitative estimate of drug-likeness (QED) is 0.436. The molecule has 3 rings (SSSR count). The van der Waals surface area contributed by atoms with Gasteiger partial charge in [0.1, 0.15) is 11.4 Å². The van der Waals surface area contributed by atoms with Crippen LogP contribution in [-0.2, 0) is 9.59 Å².